The Labute approximate surface area is 188 Å². The third-order valence-electron chi connectivity index (χ3n) is 7.53. The van der Waals surface area contributed by atoms with Gasteiger partial charge in [0.05, 0.1) is 18.4 Å². The Kier molecular flexibility index (Phi) is 6.31. The summed E-state index contributed by atoms with van der Waals surface area (Å²) in [4.78, 5) is 42.1. The number of allylic oxidation sites excluding steroid dienone is 2. The molecule has 2 amide bonds. The molecule has 3 fully saturated rings. The molecule has 1 saturated carbocycles. The maximum absolute atomic E-state index is 13.0. The van der Waals surface area contributed by atoms with Crippen LogP contribution < -0.4 is 0 Å². The van der Waals surface area contributed by atoms with Crippen molar-refractivity contribution in [2.75, 3.05) is 26.2 Å². The number of hydrogen-bond acceptors (Lipinski definition) is 4. The van der Waals surface area contributed by atoms with Crippen LogP contribution in [0.4, 0.5) is 4.39 Å². The van der Waals surface area contributed by atoms with Gasteiger partial charge in [0, 0.05) is 12.1 Å². The largest absolute Gasteiger partial charge is 0.296 e. The van der Waals surface area contributed by atoms with Crippen LogP contribution in [-0.2, 0) is 9.59 Å². The second-order valence-electron chi connectivity index (χ2n) is 9.28. The first-order valence-corrected chi connectivity index (χ1v) is 11.1. The highest BCUT2D eigenvalue weighted by atomic mass is 35.5. The minimum Gasteiger partial charge on any atom is -0.296 e. The maximum atomic E-state index is 13.0. The van der Waals surface area contributed by atoms with Gasteiger partial charge in [0.2, 0.25) is 11.8 Å². The lowest BCUT2D eigenvalue weighted by Gasteiger charge is -2.38. The number of fused-ring (bicyclic) bond motifs is 1. The van der Waals surface area contributed by atoms with Gasteiger partial charge < -0.3 is 0 Å². The zero-order chi connectivity index (χ0) is 20.8. The molecule has 0 aromatic heterocycles. The number of nitrogens with zero attached hydrogens (tertiary/aromatic N) is 2. The highest BCUT2D eigenvalue weighted by Gasteiger charge is 2.56. The topological polar surface area (TPSA) is 57.7 Å². The Morgan fingerprint density at radius 1 is 0.903 bits per heavy atom. The number of ketones is 1. The normalized spacial score (nSPS) is 30.4. The van der Waals surface area contributed by atoms with E-state index >= 15 is 0 Å². The molecule has 6 rings (SSSR count). The van der Waals surface area contributed by atoms with Gasteiger partial charge >= 0.3 is 0 Å². The molecule has 5 aliphatic rings. The molecular formula is C24H28ClFN2O3. The van der Waals surface area contributed by atoms with E-state index in [4.69, 9.17) is 0 Å². The first kappa shape index (κ1) is 22.2. The van der Waals surface area contributed by atoms with Gasteiger partial charge in [-0.25, -0.2) is 4.39 Å². The van der Waals surface area contributed by atoms with Gasteiger partial charge in [-0.1, -0.05) is 12.2 Å². The molecule has 5 nitrogen and oxygen atoms in total. The summed E-state index contributed by atoms with van der Waals surface area (Å²) in [6, 6.07) is 5.67. The number of likely N-dealkylation sites (tertiary alicyclic amines) is 2. The predicted octanol–water partition coefficient (Wildman–Crippen LogP) is 3.34. The van der Waals surface area contributed by atoms with Crippen LogP contribution in [0.5, 0.6) is 0 Å². The fraction of sp³-hybridized carbons (Fsp3) is 0.542. The molecule has 7 heteroatoms. The van der Waals surface area contributed by atoms with Crippen LogP contribution in [0.2, 0.25) is 0 Å². The number of Topliss-reactive ketones (excluding diaryl/α,β-unsaturated/α-hetero) is 1. The summed E-state index contributed by atoms with van der Waals surface area (Å²) in [5, 5.41) is 0. The highest BCUT2D eigenvalue weighted by molar-refractivity contribution is 6.06. The third-order valence-corrected chi connectivity index (χ3v) is 7.53. The zero-order valence-corrected chi connectivity index (χ0v) is 18.2. The van der Waals surface area contributed by atoms with Gasteiger partial charge in [-0.15, -0.1) is 12.4 Å². The van der Waals surface area contributed by atoms with E-state index in [1.807, 2.05) is 0 Å². The molecule has 4 unspecified atom stereocenters. The molecule has 2 heterocycles. The smallest absolute Gasteiger partial charge is 0.233 e. The molecule has 1 aromatic rings. The van der Waals surface area contributed by atoms with Crippen LogP contribution in [0.15, 0.2) is 36.4 Å². The van der Waals surface area contributed by atoms with Gasteiger partial charge in [-0.3, -0.25) is 24.2 Å². The summed E-state index contributed by atoms with van der Waals surface area (Å²) in [5.41, 5.74) is 0.526. The van der Waals surface area contributed by atoms with E-state index in [9.17, 15) is 18.8 Å². The number of halogens is 2. The molecule has 0 N–H and O–H groups in total. The average molecular weight is 447 g/mol. The molecule has 2 bridgehead atoms. The summed E-state index contributed by atoms with van der Waals surface area (Å²) < 4.78 is 13.0. The SMILES string of the molecule is Cl.O=C(CN1CCC(CN2C(=O)C3C4C=CC(CC4)C3C2=O)CC1)c1ccc(F)cc1. The molecular weight excluding hydrogens is 419 g/mol. The van der Waals surface area contributed by atoms with Crippen molar-refractivity contribution in [3.8, 4) is 0 Å². The molecule has 0 radical (unpaired) electrons. The van der Waals surface area contributed by atoms with E-state index < -0.39 is 0 Å². The first-order valence-electron chi connectivity index (χ1n) is 11.1. The van der Waals surface area contributed by atoms with Gasteiger partial charge in [0.1, 0.15) is 5.82 Å². The Morgan fingerprint density at radius 2 is 1.45 bits per heavy atom. The fourth-order valence-electron chi connectivity index (χ4n) is 5.83. The third kappa shape index (κ3) is 4.08. The monoisotopic (exact) mass is 446 g/mol. The summed E-state index contributed by atoms with van der Waals surface area (Å²) in [6.45, 7) is 2.38. The number of carbonyl (C=O) groups excluding carboxylic acids is 3. The van der Waals surface area contributed by atoms with Gasteiger partial charge in [0.25, 0.3) is 0 Å². The highest BCUT2D eigenvalue weighted by Crippen LogP contribution is 2.49. The van der Waals surface area contributed by atoms with Crippen molar-refractivity contribution in [3.63, 3.8) is 0 Å². The van der Waals surface area contributed by atoms with Crippen LogP contribution in [0.1, 0.15) is 36.0 Å². The molecule has 3 aliphatic carbocycles. The maximum Gasteiger partial charge on any atom is 0.233 e. The van der Waals surface area contributed by atoms with E-state index in [2.05, 4.69) is 17.1 Å². The summed E-state index contributed by atoms with van der Waals surface area (Å²) in [7, 11) is 0. The van der Waals surface area contributed by atoms with Gasteiger partial charge in [0.15, 0.2) is 5.78 Å². The first-order chi connectivity index (χ1) is 14.5. The fourth-order valence-corrected chi connectivity index (χ4v) is 5.83. The molecule has 2 saturated heterocycles. The zero-order valence-electron chi connectivity index (χ0n) is 17.4. The van der Waals surface area contributed by atoms with Crippen LogP contribution in [0, 0.1) is 35.4 Å². The number of carbonyl (C=O) groups is 3. The minimum absolute atomic E-state index is 0. The molecule has 1 aromatic carbocycles. The molecule has 2 aliphatic heterocycles. The number of rotatable bonds is 5. The lowest BCUT2D eigenvalue weighted by Crippen LogP contribution is -2.42. The van der Waals surface area contributed by atoms with Gasteiger partial charge in [-0.2, -0.15) is 0 Å². The number of piperidine rings is 1. The molecule has 166 valence electrons. The Bertz CT molecular complexity index is 863. The van der Waals surface area contributed by atoms with E-state index in [0.717, 1.165) is 38.8 Å². The van der Waals surface area contributed by atoms with E-state index in [-0.39, 0.29) is 59.5 Å². The lowest BCUT2D eigenvalue weighted by atomic mass is 9.63. The quantitative estimate of drug-likeness (QED) is 0.395. The van der Waals surface area contributed by atoms with Crippen LogP contribution in [0.25, 0.3) is 0 Å². The molecule has 31 heavy (non-hydrogen) atoms. The second kappa shape index (κ2) is 8.83. The Hall–Kier alpha value is -2.05. The van der Waals surface area contributed by atoms with Crippen molar-refractivity contribution in [3.05, 3.63) is 47.8 Å². The van der Waals surface area contributed by atoms with Crippen LogP contribution in [0.3, 0.4) is 0 Å². The van der Waals surface area contributed by atoms with Crippen LogP contribution in [-0.4, -0.2) is 53.6 Å². The Balaban J connectivity index is 0.00000231. The summed E-state index contributed by atoms with van der Waals surface area (Å²) in [6.07, 6.45) is 8.09. The Morgan fingerprint density at radius 3 is 1.97 bits per heavy atom. The van der Waals surface area contributed by atoms with Crippen molar-refractivity contribution in [2.24, 2.45) is 29.6 Å². The number of amides is 2. The van der Waals surface area contributed by atoms with Crippen molar-refractivity contribution >= 4 is 30.0 Å². The summed E-state index contributed by atoms with van der Waals surface area (Å²) in [5.74, 6) is 0.232. The lowest BCUT2D eigenvalue weighted by molar-refractivity contribution is -0.141. The van der Waals surface area contributed by atoms with Crippen molar-refractivity contribution < 1.29 is 18.8 Å². The number of benzene rings is 1. The standard InChI is InChI=1S/C24H27FN2O3.ClH/c25-19-7-5-16(6-8-19)20(28)14-26-11-9-15(10-12-26)13-27-23(29)21-17-1-2-18(4-3-17)22(21)24(27)30;/h1-2,5-8,15,17-18,21-22H,3-4,9-14H2;1H. The summed E-state index contributed by atoms with van der Waals surface area (Å²) >= 11 is 0. The average Bonchev–Trinajstić information content (AvgIpc) is 3.03. The van der Waals surface area contributed by atoms with Crippen LogP contribution >= 0.6 is 12.4 Å². The minimum atomic E-state index is -0.345. The number of hydrogen-bond donors (Lipinski definition) is 0. The predicted molar refractivity (Wildman–Crippen MR) is 116 cm³/mol. The molecule has 4 atom stereocenters. The van der Waals surface area contributed by atoms with Crippen molar-refractivity contribution in [1.29, 1.82) is 0 Å². The van der Waals surface area contributed by atoms with Gasteiger partial charge in [-0.05, 0) is 80.8 Å². The van der Waals surface area contributed by atoms with E-state index in [1.54, 1.807) is 4.90 Å². The van der Waals surface area contributed by atoms with E-state index in [0.29, 0.717) is 24.6 Å². The number of imide groups is 1. The van der Waals surface area contributed by atoms with E-state index in [1.165, 1.54) is 24.3 Å². The second-order valence-corrected chi connectivity index (χ2v) is 9.28. The van der Waals surface area contributed by atoms with Crippen molar-refractivity contribution in [2.45, 2.75) is 25.7 Å². The molecule has 0 spiro atoms. The van der Waals surface area contributed by atoms with Crippen molar-refractivity contribution in [1.82, 2.24) is 9.80 Å².